The Hall–Kier alpha value is -2.62. The van der Waals surface area contributed by atoms with Gasteiger partial charge >= 0.3 is 5.97 Å². The van der Waals surface area contributed by atoms with Crippen molar-refractivity contribution in [3.8, 4) is 0 Å². The second-order valence-corrected chi connectivity index (χ2v) is 5.04. The van der Waals surface area contributed by atoms with E-state index in [1.165, 1.54) is 6.92 Å². The molecule has 4 nitrogen and oxygen atoms in total. The Kier molecular flexibility index (Phi) is 5.31. The number of amides is 1. The van der Waals surface area contributed by atoms with Gasteiger partial charge < -0.3 is 10.1 Å². The van der Waals surface area contributed by atoms with Gasteiger partial charge in [-0.3, -0.25) is 9.59 Å². The van der Waals surface area contributed by atoms with E-state index in [1.807, 2.05) is 43.3 Å². The molecule has 114 valence electrons. The van der Waals surface area contributed by atoms with Crippen molar-refractivity contribution < 1.29 is 14.3 Å². The van der Waals surface area contributed by atoms with Crippen molar-refractivity contribution in [2.75, 3.05) is 0 Å². The van der Waals surface area contributed by atoms with Crippen LogP contribution in [-0.2, 0) is 14.3 Å². The largest absolute Gasteiger partial charge is 0.447 e. The van der Waals surface area contributed by atoms with Gasteiger partial charge in [-0.2, -0.15) is 0 Å². The number of ether oxygens (including phenoxy) is 1. The fraction of sp³-hybridized carbons (Fsp3) is 0.222. The molecule has 0 fully saturated rings. The van der Waals surface area contributed by atoms with E-state index < -0.39 is 12.1 Å². The predicted octanol–water partition coefficient (Wildman–Crippen LogP) is 3.17. The van der Waals surface area contributed by atoms with E-state index in [2.05, 4.69) is 5.32 Å². The van der Waals surface area contributed by atoms with Crippen LogP contribution in [0, 0.1) is 0 Å². The Morgan fingerprint density at radius 1 is 0.909 bits per heavy atom. The minimum absolute atomic E-state index is 0.171. The Morgan fingerprint density at radius 3 is 1.91 bits per heavy atom. The maximum absolute atomic E-state index is 12.5. The zero-order valence-electron chi connectivity index (χ0n) is 12.7. The van der Waals surface area contributed by atoms with Gasteiger partial charge in [0.2, 0.25) is 6.10 Å². The molecule has 0 aliphatic heterocycles. The molecule has 2 aromatic rings. The maximum atomic E-state index is 12.5. The zero-order chi connectivity index (χ0) is 15.9. The normalized spacial score (nSPS) is 13.0. The van der Waals surface area contributed by atoms with Gasteiger partial charge in [-0.15, -0.1) is 0 Å². The maximum Gasteiger partial charge on any atom is 0.303 e. The molecule has 2 unspecified atom stereocenters. The summed E-state index contributed by atoms with van der Waals surface area (Å²) in [5, 5.41) is 2.88. The van der Waals surface area contributed by atoms with Crippen molar-refractivity contribution in [2.24, 2.45) is 0 Å². The fourth-order valence-corrected chi connectivity index (χ4v) is 2.18. The van der Waals surface area contributed by atoms with Gasteiger partial charge in [0.15, 0.2) is 0 Å². The summed E-state index contributed by atoms with van der Waals surface area (Å²) in [6.45, 7) is 3.19. The molecule has 2 aromatic carbocycles. The van der Waals surface area contributed by atoms with Crippen LogP contribution in [0.1, 0.15) is 37.1 Å². The van der Waals surface area contributed by atoms with Crippen molar-refractivity contribution in [1.82, 2.24) is 5.32 Å². The Labute approximate surface area is 130 Å². The van der Waals surface area contributed by atoms with Crippen LogP contribution in [-0.4, -0.2) is 11.9 Å². The number of carbonyl (C=O) groups is 2. The molecule has 0 radical (unpaired) electrons. The van der Waals surface area contributed by atoms with Crippen molar-refractivity contribution in [3.05, 3.63) is 71.8 Å². The van der Waals surface area contributed by atoms with Crippen LogP contribution in [0.15, 0.2) is 60.7 Å². The highest BCUT2D eigenvalue weighted by atomic mass is 16.5. The van der Waals surface area contributed by atoms with Gasteiger partial charge in [0.1, 0.15) is 0 Å². The second kappa shape index (κ2) is 7.41. The lowest BCUT2D eigenvalue weighted by Gasteiger charge is -2.20. The molecule has 2 atom stereocenters. The summed E-state index contributed by atoms with van der Waals surface area (Å²) < 4.78 is 5.18. The smallest absolute Gasteiger partial charge is 0.303 e. The number of esters is 1. The first-order valence-corrected chi connectivity index (χ1v) is 7.15. The minimum atomic E-state index is -0.940. The molecular formula is C18H19NO3. The molecule has 0 aliphatic rings. The Balaban J connectivity index is 2.14. The average molecular weight is 297 g/mol. The molecule has 0 saturated carbocycles. The van der Waals surface area contributed by atoms with E-state index in [-0.39, 0.29) is 11.9 Å². The average Bonchev–Trinajstić information content (AvgIpc) is 2.54. The van der Waals surface area contributed by atoms with Gasteiger partial charge in [-0.05, 0) is 12.5 Å². The lowest BCUT2D eigenvalue weighted by Crippen LogP contribution is -2.33. The quantitative estimate of drug-likeness (QED) is 0.862. The highest BCUT2D eigenvalue weighted by Crippen LogP contribution is 2.20. The summed E-state index contributed by atoms with van der Waals surface area (Å²) in [5.74, 6) is -0.825. The minimum Gasteiger partial charge on any atom is -0.447 e. The number of rotatable bonds is 5. The molecule has 4 heteroatoms. The molecule has 0 aromatic heterocycles. The van der Waals surface area contributed by atoms with Gasteiger partial charge in [0.25, 0.3) is 5.91 Å². The lowest BCUT2D eigenvalue weighted by atomic mass is 10.1. The number of carbonyl (C=O) groups excluding carboxylic acids is 2. The summed E-state index contributed by atoms with van der Waals surface area (Å²) in [5.41, 5.74) is 1.64. The van der Waals surface area contributed by atoms with Crippen molar-refractivity contribution in [3.63, 3.8) is 0 Å². The number of hydrogen-bond donors (Lipinski definition) is 1. The lowest BCUT2D eigenvalue weighted by molar-refractivity contribution is -0.154. The van der Waals surface area contributed by atoms with Crippen LogP contribution in [0.25, 0.3) is 0 Å². The topological polar surface area (TPSA) is 55.4 Å². The highest BCUT2D eigenvalue weighted by Gasteiger charge is 2.25. The molecule has 0 spiro atoms. The van der Waals surface area contributed by atoms with E-state index in [9.17, 15) is 9.59 Å². The first kappa shape index (κ1) is 15.8. The monoisotopic (exact) mass is 297 g/mol. The van der Waals surface area contributed by atoms with E-state index >= 15 is 0 Å². The van der Waals surface area contributed by atoms with Crippen molar-refractivity contribution in [1.29, 1.82) is 0 Å². The third kappa shape index (κ3) is 4.19. The van der Waals surface area contributed by atoms with E-state index in [4.69, 9.17) is 4.74 Å². The number of hydrogen-bond acceptors (Lipinski definition) is 3. The first-order valence-electron chi connectivity index (χ1n) is 7.15. The summed E-state index contributed by atoms with van der Waals surface area (Å²) >= 11 is 0. The molecule has 0 heterocycles. The summed E-state index contributed by atoms with van der Waals surface area (Å²) in [4.78, 5) is 23.8. The van der Waals surface area contributed by atoms with Crippen LogP contribution in [0.4, 0.5) is 0 Å². The standard InChI is InChI=1S/C18H19NO3/c1-13(15-9-5-3-6-10-15)19-18(21)17(22-14(2)20)16-11-7-4-8-12-16/h3-13,17H,1-2H3,(H,19,21). The van der Waals surface area contributed by atoms with E-state index in [0.717, 1.165) is 5.56 Å². The van der Waals surface area contributed by atoms with Gasteiger partial charge in [0.05, 0.1) is 6.04 Å². The number of nitrogens with one attached hydrogen (secondary N) is 1. The molecule has 22 heavy (non-hydrogen) atoms. The Morgan fingerprint density at radius 2 is 1.41 bits per heavy atom. The van der Waals surface area contributed by atoms with Gasteiger partial charge in [-0.25, -0.2) is 0 Å². The summed E-state index contributed by atoms with van der Waals surface area (Å²) in [6.07, 6.45) is -0.940. The molecular weight excluding hydrogens is 278 g/mol. The fourth-order valence-electron chi connectivity index (χ4n) is 2.18. The first-order chi connectivity index (χ1) is 10.6. The number of benzene rings is 2. The molecule has 1 amide bonds. The highest BCUT2D eigenvalue weighted by molar-refractivity contribution is 5.84. The van der Waals surface area contributed by atoms with E-state index in [1.54, 1.807) is 24.3 Å². The van der Waals surface area contributed by atoms with Gasteiger partial charge in [0, 0.05) is 12.5 Å². The van der Waals surface area contributed by atoms with Crippen molar-refractivity contribution in [2.45, 2.75) is 26.0 Å². The van der Waals surface area contributed by atoms with Crippen LogP contribution in [0.5, 0.6) is 0 Å². The van der Waals surface area contributed by atoms with Crippen LogP contribution in [0.3, 0.4) is 0 Å². The van der Waals surface area contributed by atoms with Crippen LogP contribution < -0.4 is 5.32 Å². The van der Waals surface area contributed by atoms with E-state index in [0.29, 0.717) is 5.56 Å². The third-order valence-corrected chi connectivity index (χ3v) is 3.28. The van der Waals surface area contributed by atoms with Gasteiger partial charge in [-0.1, -0.05) is 60.7 Å². The molecule has 0 aliphatic carbocycles. The van der Waals surface area contributed by atoms with Crippen LogP contribution in [0.2, 0.25) is 0 Å². The summed E-state index contributed by atoms with van der Waals surface area (Å²) in [6, 6.07) is 18.4. The van der Waals surface area contributed by atoms with Crippen LogP contribution >= 0.6 is 0 Å². The molecule has 1 N–H and O–H groups in total. The molecule has 0 saturated heterocycles. The second-order valence-electron chi connectivity index (χ2n) is 5.04. The molecule has 0 bridgehead atoms. The molecule has 2 rings (SSSR count). The summed E-state index contributed by atoms with van der Waals surface area (Å²) in [7, 11) is 0. The van der Waals surface area contributed by atoms with Crippen molar-refractivity contribution >= 4 is 11.9 Å². The SMILES string of the molecule is CC(=O)OC(C(=O)NC(C)c1ccccc1)c1ccccc1. The third-order valence-electron chi connectivity index (χ3n) is 3.28. The Bertz CT molecular complexity index is 625. The predicted molar refractivity (Wildman–Crippen MR) is 83.9 cm³/mol. The zero-order valence-corrected chi connectivity index (χ0v) is 12.7.